The van der Waals surface area contributed by atoms with Crippen LogP contribution in [-0.4, -0.2) is 22.1 Å². The maximum absolute atomic E-state index is 2.52. The summed E-state index contributed by atoms with van der Waals surface area (Å²) in [4.78, 5) is 0. The summed E-state index contributed by atoms with van der Waals surface area (Å²) < 4.78 is 0. The van der Waals surface area contributed by atoms with E-state index in [0.29, 0.717) is 15.7 Å². The minimum absolute atomic E-state index is 0.489. The van der Waals surface area contributed by atoms with Crippen LogP contribution >= 0.6 is 7.26 Å². The Morgan fingerprint density at radius 3 is 1.41 bits per heavy atom. The second kappa shape index (κ2) is 4.22. The van der Waals surface area contributed by atoms with Gasteiger partial charge in [0.2, 0.25) is 0 Å². The van der Waals surface area contributed by atoms with Gasteiger partial charge in [-0.2, -0.15) is 0 Å². The van der Waals surface area contributed by atoms with Crippen LogP contribution in [0.1, 0.15) is 75.2 Å². The molecule has 1 atom stereocenters. The summed E-state index contributed by atoms with van der Waals surface area (Å²) in [6.07, 6.45) is 4.49. The van der Waals surface area contributed by atoms with Gasteiger partial charge in [-0.15, -0.1) is 0 Å². The van der Waals surface area contributed by atoms with Crippen LogP contribution in [0.3, 0.4) is 0 Å². The van der Waals surface area contributed by atoms with Gasteiger partial charge in [-0.1, -0.05) is 0 Å². The summed E-state index contributed by atoms with van der Waals surface area (Å²) in [5.74, 6) is 0. The fourth-order valence-electron chi connectivity index (χ4n) is 5.10. The minimum atomic E-state index is -1.30. The van der Waals surface area contributed by atoms with E-state index >= 15 is 0 Å². The van der Waals surface area contributed by atoms with E-state index in [1.807, 2.05) is 0 Å². The zero-order valence-corrected chi connectivity index (χ0v) is 14.7. The van der Waals surface area contributed by atoms with E-state index in [2.05, 4.69) is 62.3 Å². The molecule has 0 bridgehead atoms. The SMILES string of the molecule is CC(C)(C)C1CCC[PH]1(C(C)(C)C)C(C)(C)C. The molecule has 1 unspecified atom stereocenters. The van der Waals surface area contributed by atoms with E-state index in [-0.39, 0.29) is 0 Å². The van der Waals surface area contributed by atoms with E-state index in [0.717, 1.165) is 5.66 Å². The van der Waals surface area contributed by atoms with Gasteiger partial charge in [-0.25, -0.2) is 0 Å². The Kier molecular flexibility index (Phi) is 3.85. The Morgan fingerprint density at radius 1 is 0.765 bits per heavy atom. The number of hydrogen-bond donors (Lipinski definition) is 0. The van der Waals surface area contributed by atoms with Crippen LogP contribution in [0.2, 0.25) is 0 Å². The molecule has 1 saturated heterocycles. The van der Waals surface area contributed by atoms with Crippen molar-refractivity contribution in [2.75, 3.05) is 6.16 Å². The Labute approximate surface area is 110 Å². The molecule has 1 aliphatic rings. The van der Waals surface area contributed by atoms with Crippen molar-refractivity contribution < 1.29 is 0 Å². The van der Waals surface area contributed by atoms with Crippen LogP contribution in [0.15, 0.2) is 0 Å². The maximum atomic E-state index is 2.52. The van der Waals surface area contributed by atoms with Crippen LogP contribution in [0.25, 0.3) is 0 Å². The van der Waals surface area contributed by atoms with E-state index in [1.165, 1.54) is 12.8 Å². The molecule has 0 saturated carbocycles. The molecule has 17 heavy (non-hydrogen) atoms. The van der Waals surface area contributed by atoms with Crippen LogP contribution in [0.5, 0.6) is 0 Å². The Bertz CT molecular complexity index is 255. The molecule has 0 radical (unpaired) electrons. The van der Waals surface area contributed by atoms with E-state index in [1.54, 1.807) is 6.16 Å². The molecule has 0 N–H and O–H groups in total. The van der Waals surface area contributed by atoms with Crippen LogP contribution in [0, 0.1) is 5.41 Å². The van der Waals surface area contributed by atoms with Crippen LogP contribution in [0.4, 0.5) is 0 Å². The molecule has 1 heterocycles. The van der Waals surface area contributed by atoms with Gasteiger partial charge in [0.15, 0.2) is 0 Å². The van der Waals surface area contributed by atoms with Crippen LogP contribution in [-0.2, 0) is 0 Å². The van der Waals surface area contributed by atoms with Crippen molar-refractivity contribution in [2.45, 2.75) is 91.1 Å². The monoisotopic (exact) mass is 258 g/mol. The number of rotatable bonds is 0. The summed E-state index contributed by atoms with van der Waals surface area (Å²) in [5, 5.41) is 1.05. The van der Waals surface area contributed by atoms with Gasteiger partial charge in [-0.05, 0) is 0 Å². The Balaban J connectivity index is 3.34. The predicted molar refractivity (Wildman–Crippen MR) is 85.2 cm³/mol. The van der Waals surface area contributed by atoms with Gasteiger partial charge < -0.3 is 0 Å². The second-order valence-electron chi connectivity index (χ2n) is 9.28. The van der Waals surface area contributed by atoms with Gasteiger partial charge in [0.25, 0.3) is 0 Å². The van der Waals surface area contributed by atoms with E-state index in [4.69, 9.17) is 0 Å². The third kappa shape index (κ3) is 2.44. The standard InChI is InChI=1S/C16H35P/c1-14(2,3)13-11-10-12-17(13,15(4,5)6)16(7,8)9/h13,17H,10-12H2,1-9H3. The van der Waals surface area contributed by atoms with Gasteiger partial charge in [0, 0.05) is 0 Å². The van der Waals surface area contributed by atoms with Crippen molar-refractivity contribution in [1.82, 2.24) is 0 Å². The molecular formula is C16H35P. The fourth-order valence-corrected chi connectivity index (χ4v) is 14.2. The van der Waals surface area contributed by atoms with Gasteiger partial charge in [0.05, 0.1) is 0 Å². The van der Waals surface area contributed by atoms with Gasteiger partial charge in [-0.3, -0.25) is 0 Å². The average molecular weight is 258 g/mol. The summed E-state index contributed by atoms with van der Waals surface area (Å²) in [5.41, 5.74) is 1.47. The first-order valence-corrected chi connectivity index (χ1v) is 9.62. The zero-order chi connectivity index (χ0) is 13.7. The van der Waals surface area contributed by atoms with Gasteiger partial charge >= 0.3 is 110 Å². The molecule has 0 aromatic heterocycles. The van der Waals surface area contributed by atoms with Gasteiger partial charge in [0.1, 0.15) is 0 Å². The quantitative estimate of drug-likeness (QED) is 0.500. The first-order valence-electron chi connectivity index (χ1n) is 7.34. The van der Waals surface area contributed by atoms with Crippen molar-refractivity contribution in [3.8, 4) is 0 Å². The fraction of sp³-hybridized carbons (Fsp3) is 1.00. The molecule has 0 nitrogen and oxygen atoms in total. The summed E-state index contributed by atoms with van der Waals surface area (Å²) in [6, 6.07) is 0. The van der Waals surface area contributed by atoms with Crippen molar-refractivity contribution in [2.24, 2.45) is 5.41 Å². The van der Waals surface area contributed by atoms with Crippen LogP contribution < -0.4 is 0 Å². The molecule has 1 aliphatic heterocycles. The topological polar surface area (TPSA) is 0 Å². The molecule has 104 valence electrons. The first kappa shape index (κ1) is 15.5. The first-order chi connectivity index (χ1) is 7.34. The molecule has 0 amide bonds. The zero-order valence-electron chi connectivity index (χ0n) is 13.7. The average Bonchev–Trinajstić information content (AvgIpc) is 2.42. The third-order valence-corrected chi connectivity index (χ3v) is 14.2. The summed E-state index contributed by atoms with van der Waals surface area (Å²) >= 11 is 0. The Morgan fingerprint density at radius 2 is 1.18 bits per heavy atom. The molecule has 0 aliphatic carbocycles. The molecule has 0 spiro atoms. The molecular weight excluding hydrogens is 223 g/mol. The normalized spacial score (nSPS) is 28.2. The second-order valence-corrected chi connectivity index (χ2v) is 15.4. The van der Waals surface area contributed by atoms with Crippen molar-refractivity contribution in [3.05, 3.63) is 0 Å². The molecule has 1 rings (SSSR count). The van der Waals surface area contributed by atoms with E-state index in [9.17, 15) is 0 Å². The summed E-state index contributed by atoms with van der Waals surface area (Å²) in [6.45, 7) is 22.6. The predicted octanol–water partition coefficient (Wildman–Crippen LogP) is 5.54. The molecule has 0 aromatic carbocycles. The summed E-state index contributed by atoms with van der Waals surface area (Å²) in [7, 11) is -1.30. The third-order valence-electron chi connectivity index (χ3n) is 5.38. The molecule has 1 heteroatoms. The van der Waals surface area contributed by atoms with Crippen molar-refractivity contribution >= 4 is 7.26 Å². The molecule has 1 fully saturated rings. The van der Waals surface area contributed by atoms with Crippen molar-refractivity contribution in [3.63, 3.8) is 0 Å². The van der Waals surface area contributed by atoms with Crippen molar-refractivity contribution in [1.29, 1.82) is 0 Å². The molecule has 0 aromatic rings. The Hall–Kier alpha value is 0.430. The van der Waals surface area contributed by atoms with E-state index < -0.39 is 7.26 Å². The number of hydrogen-bond acceptors (Lipinski definition) is 0.